The van der Waals surface area contributed by atoms with E-state index < -0.39 is 12.1 Å². The fourth-order valence-electron chi connectivity index (χ4n) is 1.09. The molecule has 1 fully saturated rings. The maximum atomic E-state index is 10.9. The lowest BCUT2D eigenvalue weighted by Crippen LogP contribution is -2.40. The molecule has 1 aliphatic heterocycles. The van der Waals surface area contributed by atoms with Gasteiger partial charge in [-0.2, -0.15) is 0 Å². The van der Waals surface area contributed by atoms with Crippen molar-refractivity contribution in [1.82, 2.24) is 10.2 Å². The van der Waals surface area contributed by atoms with Gasteiger partial charge in [0, 0.05) is 13.1 Å². The molecular formula is C6H10N2O3. The number of likely N-dealkylation sites (tertiary alicyclic amines) is 1. The van der Waals surface area contributed by atoms with Crippen LogP contribution in [-0.2, 0) is 0 Å². The van der Waals surface area contributed by atoms with E-state index >= 15 is 0 Å². The molecular weight excluding hydrogens is 148 g/mol. The normalized spacial score (nSPS) is 16.5. The zero-order chi connectivity index (χ0) is 8.27. The Morgan fingerprint density at radius 1 is 1.27 bits per heavy atom. The highest BCUT2D eigenvalue weighted by Crippen LogP contribution is 2.06. The van der Waals surface area contributed by atoms with E-state index in [1.165, 1.54) is 4.90 Å². The van der Waals surface area contributed by atoms with Crippen molar-refractivity contribution < 1.29 is 14.7 Å². The number of hydrogen-bond donors (Lipinski definition) is 2. The third kappa shape index (κ3) is 2.10. The van der Waals surface area contributed by atoms with Gasteiger partial charge in [0.15, 0.2) is 0 Å². The molecule has 2 N–H and O–H groups in total. The number of carboxylic acid groups (broad SMARTS) is 1. The summed E-state index contributed by atoms with van der Waals surface area (Å²) in [5.41, 5.74) is 0. The molecule has 0 atom stereocenters. The minimum absolute atomic E-state index is 0.505. The van der Waals surface area contributed by atoms with Crippen LogP contribution < -0.4 is 5.32 Å². The van der Waals surface area contributed by atoms with Gasteiger partial charge in [0.2, 0.25) is 0 Å². The lowest BCUT2D eigenvalue weighted by Gasteiger charge is -2.13. The van der Waals surface area contributed by atoms with Crippen LogP contribution in [0.15, 0.2) is 0 Å². The highest BCUT2D eigenvalue weighted by Gasteiger charge is 2.18. The van der Waals surface area contributed by atoms with Gasteiger partial charge in [-0.15, -0.1) is 0 Å². The van der Waals surface area contributed by atoms with E-state index in [9.17, 15) is 9.59 Å². The highest BCUT2D eigenvalue weighted by molar-refractivity contribution is 5.89. The van der Waals surface area contributed by atoms with E-state index in [2.05, 4.69) is 0 Å². The molecule has 5 nitrogen and oxygen atoms in total. The zero-order valence-electron chi connectivity index (χ0n) is 6.04. The van der Waals surface area contributed by atoms with Crippen LogP contribution in [0.1, 0.15) is 12.8 Å². The molecule has 5 heteroatoms. The maximum Gasteiger partial charge on any atom is 0.412 e. The lowest BCUT2D eigenvalue weighted by molar-refractivity contribution is 0.182. The Bertz CT molecular complexity index is 175. The summed E-state index contributed by atoms with van der Waals surface area (Å²) >= 11 is 0. The average Bonchev–Trinajstić information content (AvgIpc) is 2.35. The van der Waals surface area contributed by atoms with Crippen LogP contribution in [0.3, 0.4) is 0 Å². The van der Waals surface area contributed by atoms with Gasteiger partial charge in [-0.05, 0) is 12.8 Å². The number of imide groups is 1. The molecule has 0 saturated carbocycles. The summed E-state index contributed by atoms with van der Waals surface area (Å²) in [6.07, 6.45) is 0.641. The van der Waals surface area contributed by atoms with Gasteiger partial charge in [-0.3, -0.25) is 0 Å². The van der Waals surface area contributed by atoms with Gasteiger partial charge >= 0.3 is 12.1 Å². The summed E-state index contributed by atoms with van der Waals surface area (Å²) in [7, 11) is 0. The molecule has 0 unspecified atom stereocenters. The number of nitrogens with zero attached hydrogens (tertiary/aromatic N) is 1. The van der Waals surface area contributed by atoms with E-state index in [-0.39, 0.29) is 0 Å². The molecule has 0 aromatic carbocycles. The van der Waals surface area contributed by atoms with Crippen LogP contribution in [0.4, 0.5) is 9.59 Å². The van der Waals surface area contributed by atoms with Crippen molar-refractivity contribution in [2.45, 2.75) is 12.8 Å². The fraction of sp³-hybridized carbons (Fsp3) is 0.667. The SMILES string of the molecule is O=C(O)NC(=O)N1CCCC1. The van der Waals surface area contributed by atoms with Crippen LogP contribution in [0, 0.1) is 0 Å². The molecule has 0 aliphatic carbocycles. The minimum atomic E-state index is -1.29. The molecule has 0 aromatic heterocycles. The van der Waals surface area contributed by atoms with Crippen LogP contribution in [0.2, 0.25) is 0 Å². The Morgan fingerprint density at radius 2 is 1.82 bits per heavy atom. The summed E-state index contributed by atoms with van der Waals surface area (Å²) < 4.78 is 0. The summed E-state index contributed by atoms with van der Waals surface area (Å²) in [5, 5.41) is 9.97. The second kappa shape index (κ2) is 3.23. The first kappa shape index (κ1) is 7.84. The molecule has 1 rings (SSSR count). The zero-order valence-corrected chi connectivity index (χ0v) is 6.04. The molecule has 1 saturated heterocycles. The second-order valence-electron chi connectivity index (χ2n) is 2.43. The van der Waals surface area contributed by atoms with E-state index in [1.54, 1.807) is 5.32 Å². The number of carbonyl (C=O) groups is 2. The number of nitrogens with one attached hydrogen (secondary N) is 1. The number of urea groups is 1. The van der Waals surface area contributed by atoms with E-state index in [0.717, 1.165) is 12.8 Å². The summed E-state index contributed by atoms with van der Waals surface area (Å²) in [4.78, 5) is 22.4. The minimum Gasteiger partial charge on any atom is -0.465 e. The molecule has 62 valence electrons. The van der Waals surface area contributed by atoms with E-state index in [0.29, 0.717) is 13.1 Å². The second-order valence-corrected chi connectivity index (χ2v) is 2.43. The number of carbonyl (C=O) groups excluding carboxylic acids is 1. The summed E-state index contributed by atoms with van der Waals surface area (Å²) in [5.74, 6) is 0. The van der Waals surface area contributed by atoms with Crippen LogP contribution in [0.5, 0.6) is 0 Å². The first-order valence-electron chi connectivity index (χ1n) is 3.49. The molecule has 0 radical (unpaired) electrons. The van der Waals surface area contributed by atoms with Crippen molar-refractivity contribution in [2.24, 2.45) is 0 Å². The summed E-state index contributed by atoms with van der Waals surface area (Å²) in [6, 6.07) is -0.505. The van der Waals surface area contributed by atoms with Gasteiger partial charge in [-0.25, -0.2) is 14.9 Å². The number of amides is 3. The smallest absolute Gasteiger partial charge is 0.412 e. The van der Waals surface area contributed by atoms with Gasteiger partial charge in [0.25, 0.3) is 0 Å². The van der Waals surface area contributed by atoms with E-state index in [4.69, 9.17) is 5.11 Å². The predicted molar refractivity (Wildman–Crippen MR) is 37.4 cm³/mol. The molecule has 0 aromatic rings. The standard InChI is InChI=1S/C6H10N2O3/c9-5(7-6(10)11)8-3-1-2-4-8/h1-4H2,(H,7,9)(H,10,11). The molecule has 1 heterocycles. The highest BCUT2D eigenvalue weighted by atomic mass is 16.4. The van der Waals surface area contributed by atoms with Crippen molar-refractivity contribution in [3.8, 4) is 0 Å². The predicted octanol–water partition coefficient (Wildman–Crippen LogP) is 0.470. The number of rotatable bonds is 0. The molecule has 0 spiro atoms. The molecule has 0 bridgehead atoms. The average molecular weight is 158 g/mol. The Kier molecular flexibility index (Phi) is 2.30. The van der Waals surface area contributed by atoms with Crippen molar-refractivity contribution in [1.29, 1.82) is 0 Å². The fourth-order valence-corrected chi connectivity index (χ4v) is 1.09. The van der Waals surface area contributed by atoms with Gasteiger partial charge in [-0.1, -0.05) is 0 Å². The molecule has 1 aliphatic rings. The number of hydrogen-bond acceptors (Lipinski definition) is 2. The third-order valence-electron chi connectivity index (χ3n) is 1.61. The Labute approximate surface area is 64.0 Å². The first-order chi connectivity index (χ1) is 5.20. The Hall–Kier alpha value is -1.26. The van der Waals surface area contributed by atoms with Crippen molar-refractivity contribution in [3.05, 3.63) is 0 Å². The van der Waals surface area contributed by atoms with Crippen LogP contribution in [-0.4, -0.2) is 35.2 Å². The van der Waals surface area contributed by atoms with Gasteiger partial charge in [0.1, 0.15) is 0 Å². The quantitative estimate of drug-likeness (QED) is 0.538. The molecule has 11 heavy (non-hydrogen) atoms. The largest absolute Gasteiger partial charge is 0.465 e. The monoisotopic (exact) mass is 158 g/mol. The Balaban J connectivity index is 2.34. The van der Waals surface area contributed by atoms with Gasteiger partial charge < -0.3 is 10.0 Å². The maximum absolute atomic E-state index is 10.9. The topological polar surface area (TPSA) is 69.6 Å². The Morgan fingerprint density at radius 3 is 2.27 bits per heavy atom. The lowest BCUT2D eigenvalue weighted by atomic mass is 10.4. The van der Waals surface area contributed by atoms with Gasteiger partial charge in [0.05, 0.1) is 0 Å². The third-order valence-corrected chi connectivity index (χ3v) is 1.61. The van der Waals surface area contributed by atoms with Crippen LogP contribution >= 0.6 is 0 Å². The molecule has 3 amide bonds. The first-order valence-corrected chi connectivity index (χ1v) is 3.49. The van der Waals surface area contributed by atoms with E-state index in [1.807, 2.05) is 0 Å². The van der Waals surface area contributed by atoms with Crippen molar-refractivity contribution in [2.75, 3.05) is 13.1 Å². The van der Waals surface area contributed by atoms with Crippen molar-refractivity contribution >= 4 is 12.1 Å². The summed E-state index contributed by atoms with van der Waals surface area (Å²) in [6.45, 7) is 1.33. The van der Waals surface area contributed by atoms with Crippen molar-refractivity contribution in [3.63, 3.8) is 0 Å². The van der Waals surface area contributed by atoms with Crippen LogP contribution in [0.25, 0.3) is 0 Å².